The van der Waals surface area contributed by atoms with Gasteiger partial charge in [0, 0.05) is 5.92 Å². The van der Waals surface area contributed by atoms with Crippen molar-refractivity contribution >= 4 is 9.84 Å². The van der Waals surface area contributed by atoms with E-state index in [1.807, 2.05) is 31.2 Å². The van der Waals surface area contributed by atoms with Crippen LogP contribution in [0.5, 0.6) is 0 Å². The summed E-state index contributed by atoms with van der Waals surface area (Å²) in [6, 6.07) is 17.8. The quantitative estimate of drug-likeness (QED) is 0.907. The van der Waals surface area contributed by atoms with Gasteiger partial charge in [-0.25, -0.2) is 8.42 Å². The summed E-state index contributed by atoms with van der Waals surface area (Å²) in [7, 11) is -3.69. The lowest BCUT2D eigenvalue weighted by molar-refractivity contribution is 0.242. The predicted octanol–water partition coefficient (Wildman–Crippen LogP) is 2.69. The average Bonchev–Trinajstić information content (AvgIpc) is 3.33. The molecule has 0 amide bonds. The van der Waals surface area contributed by atoms with E-state index in [9.17, 15) is 18.8 Å². The number of rotatable bonds is 5. The molecule has 0 bridgehead atoms. The SMILES string of the molecule is CCc1ccc([C@@H]2[C@H](S(=O)(=O)c3ccccc3)[C@]2(C#N)CO)cc1. The zero-order valence-corrected chi connectivity index (χ0v) is 14.2. The van der Waals surface area contributed by atoms with Gasteiger partial charge in [0.15, 0.2) is 9.84 Å². The molecule has 3 atom stereocenters. The van der Waals surface area contributed by atoms with Crippen molar-refractivity contribution in [2.45, 2.75) is 29.4 Å². The minimum absolute atomic E-state index is 0.191. The molecular weight excluding hydrogens is 322 g/mol. The van der Waals surface area contributed by atoms with Crippen LogP contribution in [0.15, 0.2) is 59.5 Å². The second-order valence-corrected chi connectivity index (χ2v) is 8.23. The summed E-state index contributed by atoms with van der Waals surface area (Å²) in [5.74, 6) is -0.511. The maximum absolute atomic E-state index is 13.0. The van der Waals surface area contributed by atoms with E-state index in [1.165, 1.54) is 12.1 Å². The zero-order chi connectivity index (χ0) is 17.4. The Morgan fingerprint density at radius 1 is 1.12 bits per heavy atom. The van der Waals surface area contributed by atoms with Gasteiger partial charge in [0.25, 0.3) is 0 Å². The molecule has 0 spiro atoms. The molecule has 1 saturated carbocycles. The molecule has 5 heteroatoms. The van der Waals surface area contributed by atoms with Crippen LogP contribution in [-0.4, -0.2) is 25.4 Å². The predicted molar refractivity (Wildman–Crippen MR) is 91.1 cm³/mol. The number of aliphatic hydroxyl groups is 1. The number of hydrogen-bond donors (Lipinski definition) is 1. The maximum Gasteiger partial charge on any atom is 0.183 e. The highest BCUT2D eigenvalue weighted by Gasteiger charge is 2.72. The topological polar surface area (TPSA) is 78.2 Å². The molecule has 2 aromatic carbocycles. The molecule has 1 aliphatic carbocycles. The van der Waals surface area contributed by atoms with Crippen LogP contribution in [-0.2, 0) is 16.3 Å². The third-order valence-corrected chi connectivity index (χ3v) is 7.17. The van der Waals surface area contributed by atoms with Gasteiger partial charge in [-0.2, -0.15) is 5.26 Å². The number of aryl methyl sites for hydroxylation is 1. The third-order valence-electron chi connectivity index (χ3n) is 4.88. The Morgan fingerprint density at radius 3 is 2.25 bits per heavy atom. The minimum atomic E-state index is -3.69. The Morgan fingerprint density at radius 2 is 1.75 bits per heavy atom. The molecule has 24 heavy (non-hydrogen) atoms. The lowest BCUT2D eigenvalue weighted by Crippen LogP contribution is -2.18. The van der Waals surface area contributed by atoms with E-state index < -0.39 is 33.0 Å². The van der Waals surface area contributed by atoms with Crippen molar-refractivity contribution in [2.75, 3.05) is 6.61 Å². The highest BCUT2D eigenvalue weighted by Crippen LogP contribution is 2.63. The normalized spacial score (nSPS) is 25.9. The van der Waals surface area contributed by atoms with Crippen LogP contribution in [0.25, 0.3) is 0 Å². The van der Waals surface area contributed by atoms with Gasteiger partial charge in [-0.15, -0.1) is 0 Å². The van der Waals surface area contributed by atoms with Crippen molar-refractivity contribution in [3.8, 4) is 6.07 Å². The summed E-state index contributed by atoms with van der Waals surface area (Å²) in [5, 5.41) is 18.5. The molecular formula is C19H19NO3S. The first-order valence-electron chi connectivity index (χ1n) is 7.91. The molecule has 1 fully saturated rings. The number of sulfone groups is 1. The van der Waals surface area contributed by atoms with Crippen LogP contribution < -0.4 is 0 Å². The van der Waals surface area contributed by atoms with Crippen LogP contribution in [0.1, 0.15) is 24.0 Å². The number of hydrogen-bond acceptors (Lipinski definition) is 4. The number of aliphatic hydroxyl groups excluding tert-OH is 1. The van der Waals surface area contributed by atoms with Gasteiger partial charge in [-0.3, -0.25) is 0 Å². The monoisotopic (exact) mass is 341 g/mol. The fraction of sp³-hybridized carbons (Fsp3) is 0.316. The number of benzene rings is 2. The van der Waals surface area contributed by atoms with E-state index in [2.05, 4.69) is 6.07 Å². The lowest BCUT2D eigenvalue weighted by Gasteiger charge is -2.05. The molecule has 0 radical (unpaired) electrons. The van der Waals surface area contributed by atoms with Crippen molar-refractivity contribution in [3.05, 3.63) is 65.7 Å². The first kappa shape index (κ1) is 16.7. The highest BCUT2D eigenvalue weighted by atomic mass is 32.2. The second-order valence-electron chi connectivity index (χ2n) is 6.16. The van der Waals surface area contributed by atoms with Gasteiger partial charge in [-0.05, 0) is 29.7 Å². The Balaban J connectivity index is 2.04. The Labute approximate surface area is 142 Å². The van der Waals surface area contributed by atoms with Crippen LogP contribution in [0.2, 0.25) is 0 Å². The fourth-order valence-corrected chi connectivity index (χ4v) is 5.74. The molecule has 0 heterocycles. The highest BCUT2D eigenvalue weighted by molar-refractivity contribution is 7.92. The number of nitriles is 1. The van der Waals surface area contributed by atoms with Gasteiger partial charge in [0.1, 0.15) is 5.41 Å². The summed E-state index contributed by atoms with van der Waals surface area (Å²) in [5.41, 5.74) is 0.656. The standard InChI is InChI=1S/C19H19NO3S/c1-2-14-8-10-15(11-9-14)17-18(19(17,12-20)13-21)24(22,23)16-6-4-3-5-7-16/h3-11,17-18,21H,2,13H2,1H3/t17-,18+,19-/m1/s1. The molecule has 0 aliphatic heterocycles. The summed E-state index contributed by atoms with van der Waals surface area (Å²) in [6.07, 6.45) is 0.889. The first-order valence-corrected chi connectivity index (χ1v) is 9.45. The second kappa shape index (κ2) is 6.04. The zero-order valence-electron chi connectivity index (χ0n) is 13.4. The largest absolute Gasteiger partial charge is 0.395 e. The van der Waals surface area contributed by atoms with Crippen molar-refractivity contribution in [2.24, 2.45) is 5.41 Å². The molecule has 3 rings (SSSR count). The maximum atomic E-state index is 13.0. The molecule has 1 aliphatic rings. The van der Waals surface area contributed by atoms with Gasteiger partial charge in [0.2, 0.25) is 0 Å². The smallest absolute Gasteiger partial charge is 0.183 e. The molecule has 124 valence electrons. The van der Waals surface area contributed by atoms with Crippen LogP contribution in [0.4, 0.5) is 0 Å². The van der Waals surface area contributed by atoms with E-state index in [-0.39, 0.29) is 4.90 Å². The third kappa shape index (κ3) is 2.43. The van der Waals surface area contributed by atoms with Gasteiger partial charge in [0.05, 0.1) is 22.8 Å². The fourth-order valence-electron chi connectivity index (χ4n) is 3.41. The molecule has 0 unspecified atom stereocenters. The van der Waals surface area contributed by atoms with E-state index in [4.69, 9.17) is 0 Å². The lowest BCUT2D eigenvalue weighted by atomic mass is 10.00. The van der Waals surface area contributed by atoms with Crippen LogP contribution >= 0.6 is 0 Å². The average molecular weight is 341 g/mol. The van der Waals surface area contributed by atoms with Gasteiger partial charge < -0.3 is 5.11 Å². The molecule has 0 aromatic heterocycles. The molecule has 1 N–H and O–H groups in total. The van der Waals surface area contributed by atoms with Crippen LogP contribution in [0, 0.1) is 16.7 Å². The van der Waals surface area contributed by atoms with Crippen molar-refractivity contribution in [3.63, 3.8) is 0 Å². The molecule has 0 saturated heterocycles. The van der Waals surface area contributed by atoms with Crippen molar-refractivity contribution < 1.29 is 13.5 Å². The van der Waals surface area contributed by atoms with Gasteiger partial charge in [-0.1, -0.05) is 49.4 Å². The Hall–Kier alpha value is -2.16. The van der Waals surface area contributed by atoms with Crippen molar-refractivity contribution in [1.82, 2.24) is 0 Å². The van der Waals surface area contributed by atoms with Gasteiger partial charge >= 0.3 is 0 Å². The summed E-state index contributed by atoms with van der Waals surface area (Å²) in [6.45, 7) is 1.57. The summed E-state index contributed by atoms with van der Waals surface area (Å²) >= 11 is 0. The van der Waals surface area contributed by atoms with E-state index >= 15 is 0 Å². The van der Waals surface area contributed by atoms with E-state index in [1.54, 1.807) is 18.2 Å². The van der Waals surface area contributed by atoms with Crippen LogP contribution in [0.3, 0.4) is 0 Å². The van der Waals surface area contributed by atoms with E-state index in [0.717, 1.165) is 17.5 Å². The first-order chi connectivity index (χ1) is 11.5. The Bertz CT molecular complexity index is 869. The Kier molecular flexibility index (Phi) is 4.20. The molecule has 2 aromatic rings. The minimum Gasteiger partial charge on any atom is -0.395 e. The number of nitrogens with zero attached hydrogens (tertiary/aromatic N) is 1. The summed E-state index contributed by atoms with van der Waals surface area (Å²) in [4.78, 5) is 0.191. The summed E-state index contributed by atoms with van der Waals surface area (Å²) < 4.78 is 25.9. The van der Waals surface area contributed by atoms with Crippen molar-refractivity contribution in [1.29, 1.82) is 5.26 Å². The van der Waals surface area contributed by atoms with E-state index in [0.29, 0.717) is 0 Å². The molecule has 4 nitrogen and oxygen atoms in total.